The summed E-state index contributed by atoms with van der Waals surface area (Å²) in [4.78, 5) is 0. The zero-order chi connectivity index (χ0) is 10.2. The van der Waals surface area contributed by atoms with E-state index in [2.05, 4.69) is 0 Å². The van der Waals surface area contributed by atoms with Crippen LogP contribution in [0.4, 0.5) is 0 Å². The smallest absolute Gasteiger partial charge is 0.125 e. The molecule has 4 heteroatoms. The fourth-order valence-electron chi connectivity index (χ4n) is 1.18. The number of halogens is 3. The minimum atomic E-state index is -0.563. The zero-order valence-corrected chi connectivity index (χ0v) is 9.61. The Morgan fingerprint density at radius 3 is 2.36 bits per heavy atom. The van der Waals surface area contributed by atoms with Gasteiger partial charge in [0.05, 0.1) is 6.61 Å². The van der Waals surface area contributed by atoms with Crippen molar-refractivity contribution in [2.45, 2.75) is 10.8 Å². The van der Waals surface area contributed by atoms with E-state index in [9.17, 15) is 0 Å². The van der Waals surface area contributed by atoms with E-state index < -0.39 is 4.33 Å². The Morgan fingerprint density at radius 1 is 1.29 bits per heavy atom. The van der Waals surface area contributed by atoms with Gasteiger partial charge in [0.2, 0.25) is 0 Å². The Kier molecular flexibility index (Phi) is 2.83. The van der Waals surface area contributed by atoms with Crippen LogP contribution in [0.1, 0.15) is 6.42 Å². The molecule has 14 heavy (non-hydrogen) atoms. The molecule has 1 atom stereocenters. The van der Waals surface area contributed by atoms with E-state index >= 15 is 0 Å². The van der Waals surface area contributed by atoms with Crippen LogP contribution in [0.2, 0.25) is 5.02 Å². The van der Waals surface area contributed by atoms with Crippen molar-refractivity contribution in [3.05, 3.63) is 29.3 Å². The van der Waals surface area contributed by atoms with Crippen molar-refractivity contribution < 1.29 is 4.74 Å². The lowest BCUT2D eigenvalue weighted by atomic mass is 10.3. The molecular weight excluding hydrogens is 242 g/mol. The lowest BCUT2D eigenvalue weighted by molar-refractivity contribution is 0.298. The van der Waals surface area contributed by atoms with Crippen LogP contribution in [-0.4, -0.2) is 10.9 Å². The van der Waals surface area contributed by atoms with Crippen molar-refractivity contribution in [2.75, 3.05) is 6.61 Å². The Balaban J connectivity index is 1.84. The molecule has 0 aromatic heterocycles. The van der Waals surface area contributed by atoms with Crippen LogP contribution in [0.15, 0.2) is 24.3 Å². The van der Waals surface area contributed by atoms with Crippen molar-refractivity contribution in [3.8, 4) is 5.75 Å². The van der Waals surface area contributed by atoms with Crippen LogP contribution >= 0.6 is 34.8 Å². The van der Waals surface area contributed by atoms with Crippen molar-refractivity contribution in [1.82, 2.24) is 0 Å². The normalized spacial score (nSPS) is 23.2. The number of hydrogen-bond acceptors (Lipinski definition) is 1. The van der Waals surface area contributed by atoms with E-state index in [1.54, 1.807) is 12.1 Å². The summed E-state index contributed by atoms with van der Waals surface area (Å²) in [6.45, 7) is 0.564. The summed E-state index contributed by atoms with van der Waals surface area (Å²) in [6.07, 6.45) is 0.809. The fourth-order valence-corrected chi connectivity index (χ4v) is 1.80. The average molecular weight is 252 g/mol. The van der Waals surface area contributed by atoms with Crippen molar-refractivity contribution >= 4 is 34.8 Å². The summed E-state index contributed by atoms with van der Waals surface area (Å²) in [5.41, 5.74) is 0. The lowest BCUT2D eigenvalue weighted by Gasteiger charge is -2.05. The second-order valence-electron chi connectivity index (χ2n) is 3.43. The Hall–Kier alpha value is -0.110. The van der Waals surface area contributed by atoms with Gasteiger partial charge in [0.25, 0.3) is 0 Å². The molecule has 0 amide bonds. The van der Waals surface area contributed by atoms with Crippen molar-refractivity contribution in [2.24, 2.45) is 5.92 Å². The van der Waals surface area contributed by atoms with E-state index in [1.807, 2.05) is 12.1 Å². The Labute approximate surface area is 97.9 Å². The summed E-state index contributed by atoms with van der Waals surface area (Å²) in [7, 11) is 0. The molecule has 1 fully saturated rings. The van der Waals surface area contributed by atoms with Crippen LogP contribution in [0.5, 0.6) is 5.75 Å². The molecule has 0 bridgehead atoms. The second-order valence-corrected chi connectivity index (χ2v) is 5.41. The molecule has 1 unspecified atom stereocenters. The highest BCUT2D eigenvalue weighted by Crippen LogP contribution is 2.53. The van der Waals surface area contributed by atoms with Crippen LogP contribution in [0.3, 0.4) is 0 Å². The molecule has 2 rings (SSSR count). The predicted molar refractivity (Wildman–Crippen MR) is 59.5 cm³/mol. The van der Waals surface area contributed by atoms with Crippen LogP contribution in [0.25, 0.3) is 0 Å². The predicted octanol–water partition coefficient (Wildman–Crippen LogP) is 3.91. The maximum Gasteiger partial charge on any atom is 0.125 e. The summed E-state index contributed by atoms with van der Waals surface area (Å²) < 4.78 is 4.93. The fraction of sp³-hybridized carbons (Fsp3) is 0.400. The highest BCUT2D eigenvalue weighted by atomic mass is 35.5. The van der Waals surface area contributed by atoms with Gasteiger partial charge >= 0.3 is 0 Å². The molecule has 0 saturated heterocycles. The first kappa shape index (κ1) is 10.4. The molecule has 1 aromatic carbocycles. The van der Waals surface area contributed by atoms with Gasteiger partial charge in [0, 0.05) is 10.9 Å². The average Bonchev–Trinajstić information content (AvgIpc) is 2.73. The Morgan fingerprint density at radius 2 is 1.86 bits per heavy atom. The highest BCUT2D eigenvalue weighted by molar-refractivity contribution is 6.50. The maximum absolute atomic E-state index is 5.86. The third-order valence-electron chi connectivity index (χ3n) is 2.22. The number of alkyl halides is 2. The first-order valence-corrected chi connectivity index (χ1v) is 5.47. The molecule has 0 aliphatic heterocycles. The maximum atomic E-state index is 5.86. The minimum absolute atomic E-state index is 0.251. The highest BCUT2D eigenvalue weighted by Gasteiger charge is 2.52. The number of rotatable bonds is 3. The summed E-state index contributed by atoms with van der Waals surface area (Å²) in [6, 6.07) is 7.24. The molecule has 0 spiro atoms. The summed E-state index contributed by atoms with van der Waals surface area (Å²) >= 11 is 17.5. The van der Waals surface area contributed by atoms with Gasteiger partial charge in [-0.05, 0) is 30.7 Å². The summed E-state index contributed by atoms with van der Waals surface area (Å²) in [5.74, 6) is 1.05. The van der Waals surface area contributed by atoms with Gasteiger partial charge in [0.1, 0.15) is 10.1 Å². The van der Waals surface area contributed by atoms with E-state index in [0.717, 1.165) is 12.2 Å². The van der Waals surface area contributed by atoms with Gasteiger partial charge in [-0.15, -0.1) is 23.2 Å². The molecule has 76 valence electrons. The van der Waals surface area contributed by atoms with Crippen LogP contribution < -0.4 is 4.74 Å². The molecule has 0 N–H and O–H groups in total. The molecule has 0 heterocycles. The number of ether oxygens (including phenoxy) is 1. The van der Waals surface area contributed by atoms with E-state index in [-0.39, 0.29) is 5.92 Å². The van der Waals surface area contributed by atoms with Gasteiger partial charge in [-0.3, -0.25) is 0 Å². The summed E-state index contributed by atoms with van der Waals surface area (Å²) in [5, 5.41) is 0.702. The van der Waals surface area contributed by atoms with Crippen LogP contribution in [0, 0.1) is 5.92 Å². The number of benzene rings is 1. The standard InChI is InChI=1S/C10H9Cl3O/c11-8-1-3-9(4-2-8)14-6-7-5-10(7,12)13/h1-4,7H,5-6H2. The molecule has 1 aliphatic carbocycles. The van der Waals surface area contributed by atoms with E-state index in [0.29, 0.717) is 11.6 Å². The first-order valence-electron chi connectivity index (χ1n) is 4.34. The molecule has 1 saturated carbocycles. The van der Waals surface area contributed by atoms with Gasteiger partial charge < -0.3 is 4.74 Å². The SMILES string of the molecule is Clc1ccc(OCC2CC2(Cl)Cl)cc1. The molecule has 1 aromatic rings. The van der Waals surface area contributed by atoms with Gasteiger partial charge in [0.15, 0.2) is 0 Å². The molecule has 1 aliphatic rings. The largest absolute Gasteiger partial charge is 0.493 e. The van der Waals surface area contributed by atoms with Gasteiger partial charge in [-0.2, -0.15) is 0 Å². The Bertz CT molecular complexity index is 321. The van der Waals surface area contributed by atoms with Crippen molar-refractivity contribution in [1.29, 1.82) is 0 Å². The zero-order valence-electron chi connectivity index (χ0n) is 7.34. The van der Waals surface area contributed by atoms with E-state index in [4.69, 9.17) is 39.5 Å². The van der Waals surface area contributed by atoms with Crippen LogP contribution in [-0.2, 0) is 0 Å². The third kappa shape index (κ3) is 2.47. The van der Waals surface area contributed by atoms with Crippen molar-refractivity contribution in [3.63, 3.8) is 0 Å². The van der Waals surface area contributed by atoms with Gasteiger partial charge in [-0.25, -0.2) is 0 Å². The first-order chi connectivity index (χ1) is 6.58. The monoisotopic (exact) mass is 250 g/mol. The number of hydrogen-bond donors (Lipinski definition) is 0. The van der Waals surface area contributed by atoms with Gasteiger partial charge in [-0.1, -0.05) is 11.6 Å². The lowest BCUT2D eigenvalue weighted by Crippen LogP contribution is -2.03. The second kappa shape index (κ2) is 3.80. The molecule has 0 radical (unpaired) electrons. The topological polar surface area (TPSA) is 9.23 Å². The molecule has 1 nitrogen and oxygen atoms in total. The molecular formula is C10H9Cl3O. The van der Waals surface area contributed by atoms with E-state index in [1.165, 1.54) is 0 Å². The minimum Gasteiger partial charge on any atom is -0.493 e. The quantitative estimate of drug-likeness (QED) is 0.740. The third-order valence-corrected chi connectivity index (χ3v) is 3.40.